The standard InChI is InChI=1S/C10H15N3/c1-8-10(13-6-5-12-8)9-3-2-4-11-7-9/h2-4,7-8,10,12-13H,5-6H2,1H3. The summed E-state index contributed by atoms with van der Waals surface area (Å²) >= 11 is 0. The van der Waals surface area contributed by atoms with Crippen molar-refractivity contribution < 1.29 is 0 Å². The summed E-state index contributed by atoms with van der Waals surface area (Å²) in [5.41, 5.74) is 1.27. The Morgan fingerprint density at radius 2 is 2.23 bits per heavy atom. The highest BCUT2D eigenvalue weighted by atomic mass is 15.1. The first-order chi connectivity index (χ1) is 6.38. The number of hydrogen-bond donors (Lipinski definition) is 2. The van der Waals surface area contributed by atoms with E-state index in [-0.39, 0.29) is 0 Å². The molecule has 13 heavy (non-hydrogen) atoms. The van der Waals surface area contributed by atoms with Gasteiger partial charge >= 0.3 is 0 Å². The lowest BCUT2D eigenvalue weighted by Crippen LogP contribution is -2.48. The first-order valence-corrected chi connectivity index (χ1v) is 4.74. The van der Waals surface area contributed by atoms with E-state index in [4.69, 9.17) is 0 Å². The smallest absolute Gasteiger partial charge is 0.0488 e. The molecule has 2 heterocycles. The predicted octanol–water partition coefficient (Wildman–Crippen LogP) is 0.704. The molecule has 1 aromatic heterocycles. The van der Waals surface area contributed by atoms with Gasteiger partial charge < -0.3 is 10.6 Å². The largest absolute Gasteiger partial charge is 0.311 e. The van der Waals surface area contributed by atoms with Crippen LogP contribution in [-0.2, 0) is 0 Å². The molecule has 3 nitrogen and oxygen atoms in total. The van der Waals surface area contributed by atoms with Crippen LogP contribution in [0.1, 0.15) is 18.5 Å². The molecule has 0 aromatic carbocycles. The molecule has 3 heteroatoms. The van der Waals surface area contributed by atoms with Crippen molar-refractivity contribution in [3.63, 3.8) is 0 Å². The normalized spacial score (nSPS) is 28.7. The second-order valence-corrected chi connectivity index (χ2v) is 3.46. The summed E-state index contributed by atoms with van der Waals surface area (Å²) < 4.78 is 0. The van der Waals surface area contributed by atoms with Crippen molar-refractivity contribution in [2.45, 2.75) is 19.0 Å². The van der Waals surface area contributed by atoms with Gasteiger partial charge in [-0.1, -0.05) is 6.07 Å². The molecule has 0 bridgehead atoms. The Bertz CT molecular complexity index is 260. The van der Waals surface area contributed by atoms with Gasteiger partial charge in [0.2, 0.25) is 0 Å². The minimum Gasteiger partial charge on any atom is -0.311 e. The maximum absolute atomic E-state index is 4.13. The number of hydrogen-bond acceptors (Lipinski definition) is 3. The SMILES string of the molecule is CC1NCCNC1c1cccnc1. The summed E-state index contributed by atoms with van der Waals surface area (Å²) in [6, 6.07) is 4.99. The molecule has 2 atom stereocenters. The van der Waals surface area contributed by atoms with Crippen LogP contribution in [0.15, 0.2) is 24.5 Å². The Morgan fingerprint density at radius 3 is 2.92 bits per heavy atom. The Hall–Kier alpha value is -0.930. The summed E-state index contributed by atoms with van der Waals surface area (Å²) in [5.74, 6) is 0. The second-order valence-electron chi connectivity index (χ2n) is 3.46. The molecule has 1 aromatic rings. The van der Waals surface area contributed by atoms with E-state index in [1.165, 1.54) is 5.56 Å². The first kappa shape index (κ1) is 8.66. The Kier molecular flexibility index (Phi) is 2.57. The third kappa shape index (κ3) is 1.87. The van der Waals surface area contributed by atoms with E-state index in [0.29, 0.717) is 12.1 Å². The average molecular weight is 177 g/mol. The van der Waals surface area contributed by atoms with E-state index in [0.717, 1.165) is 13.1 Å². The second kappa shape index (κ2) is 3.85. The van der Waals surface area contributed by atoms with Crippen LogP contribution in [0, 0.1) is 0 Å². The van der Waals surface area contributed by atoms with Crippen LogP contribution in [0.4, 0.5) is 0 Å². The average Bonchev–Trinajstić information content (AvgIpc) is 2.20. The zero-order valence-corrected chi connectivity index (χ0v) is 7.83. The quantitative estimate of drug-likeness (QED) is 0.663. The van der Waals surface area contributed by atoms with Crippen LogP contribution in [0.25, 0.3) is 0 Å². The van der Waals surface area contributed by atoms with Gasteiger partial charge in [0.05, 0.1) is 0 Å². The minimum atomic E-state index is 0.405. The molecule has 0 radical (unpaired) electrons. The summed E-state index contributed by atoms with van der Waals surface area (Å²) in [5, 5.41) is 6.92. The van der Waals surface area contributed by atoms with Gasteiger partial charge in [-0.05, 0) is 18.6 Å². The van der Waals surface area contributed by atoms with Crippen LogP contribution >= 0.6 is 0 Å². The van der Waals surface area contributed by atoms with Crippen molar-refractivity contribution >= 4 is 0 Å². The van der Waals surface area contributed by atoms with Crippen molar-refractivity contribution in [1.29, 1.82) is 0 Å². The lowest BCUT2D eigenvalue weighted by atomic mass is 10.0. The van der Waals surface area contributed by atoms with Crippen LogP contribution in [0.2, 0.25) is 0 Å². The summed E-state index contributed by atoms with van der Waals surface area (Å²) in [4.78, 5) is 4.13. The topological polar surface area (TPSA) is 37.0 Å². The van der Waals surface area contributed by atoms with Gasteiger partial charge in [0.15, 0.2) is 0 Å². The van der Waals surface area contributed by atoms with Gasteiger partial charge in [-0.2, -0.15) is 0 Å². The van der Waals surface area contributed by atoms with E-state index < -0.39 is 0 Å². The van der Waals surface area contributed by atoms with Gasteiger partial charge in [0.1, 0.15) is 0 Å². The highest BCUT2D eigenvalue weighted by molar-refractivity contribution is 5.16. The zero-order chi connectivity index (χ0) is 9.10. The third-order valence-corrected chi connectivity index (χ3v) is 2.50. The maximum atomic E-state index is 4.13. The molecular weight excluding hydrogens is 162 g/mol. The lowest BCUT2D eigenvalue weighted by Gasteiger charge is -2.31. The van der Waals surface area contributed by atoms with Crippen molar-refractivity contribution in [1.82, 2.24) is 15.6 Å². The molecule has 2 rings (SSSR count). The molecule has 1 fully saturated rings. The fourth-order valence-corrected chi connectivity index (χ4v) is 1.79. The van der Waals surface area contributed by atoms with Gasteiger partial charge in [0, 0.05) is 37.6 Å². The van der Waals surface area contributed by atoms with Gasteiger partial charge in [-0.3, -0.25) is 4.98 Å². The molecule has 2 N–H and O–H groups in total. The van der Waals surface area contributed by atoms with E-state index in [1.54, 1.807) is 0 Å². The molecule has 1 aliphatic rings. The molecule has 70 valence electrons. The lowest BCUT2D eigenvalue weighted by molar-refractivity contribution is 0.345. The van der Waals surface area contributed by atoms with Crippen LogP contribution in [0.3, 0.4) is 0 Å². The van der Waals surface area contributed by atoms with Crippen molar-refractivity contribution in [2.24, 2.45) is 0 Å². The fourth-order valence-electron chi connectivity index (χ4n) is 1.79. The summed E-state index contributed by atoms with van der Waals surface area (Å²) in [7, 11) is 0. The number of aromatic nitrogens is 1. The van der Waals surface area contributed by atoms with Crippen LogP contribution in [-0.4, -0.2) is 24.1 Å². The molecular formula is C10H15N3. The van der Waals surface area contributed by atoms with E-state index in [1.807, 2.05) is 18.5 Å². The number of rotatable bonds is 1. The Labute approximate surface area is 78.6 Å². The van der Waals surface area contributed by atoms with Crippen molar-refractivity contribution in [3.8, 4) is 0 Å². The van der Waals surface area contributed by atoms with Gasteiger partial charge in [-0.15, -0.1) is 0 Å². The molecule has 1 aliphatic heterocycles. The molecule has 0 aliphatic carbocycles. The van der Waals surface area contributed by atoms with Crippen LogP contribution < -0.4 is 10.6 Å². The van der Waals surface area contributed by atoms with E-state index in [9.17, 15) is 0 Å². The Balaban J connectivity index is 2.15. The Morgan fingerprint density at radius 1 is 1.38 bits per heavy atom. The number of pyridine rings is 1. The summed E-state index contributed by atoms with van der Waals surface area (Å²) in [6.07, 6.45) is 3.74. The maximum Gasteiger partial charge on any atom is 0.0488 e. The third-order valence-electron chi connectivity index (χ3n) is 2.50. The van der Waals surface area contributed by atoms with E-state index >= 15 is 0 Å². The fraction of sp³-hybridized carbons (Fsp3) is 0.500. The minimum absolute atomic E-state index is 0.405. The zero-order valence-electron chi connectivity index (χ0n) is 7.83. The predicted molar refractivity (Wildman–Crippen MR) is 52.4 cm³/mol. The number of nitrogens with one attached hydrogen (secondary N) is 2. The van der Waals surface area contributed by atoms with Crippen molar-refractivity contribution in [2.75, 3.05) is 13.1 Å². The van der Waals surface area contributed by atoms with Gasteiger partial charge in [-0.25, -0.2) is 0 Å². The molecule has 0 saturated carbocycles. The number of nitrogens with zero attached hydrogens (tertiary/aromatic N) is 1. The molecule has 2 unspecified atom stereocenters. The van der Waals surface area contributed by atoms with Crippen LogP contribution in [0.5, 0.6) is 0 Å². The summed E-state index contributed by atoms with van der Waals surface area (Å²) in [6.45, 7) is 4.28. The monoisotopic (exact) mass is 177 g/mol. The highest BCUT2D eigenvalue weighted by Crippen LogP contribution is 2.16. The van der Waals surface area contributed by atoms with Gasteiger partial charge in [0.25, 0.3) is 0 Å². The molecule has 0 amide bonds. The first-order valence-electron chi connectivity index (χ1n) is 4.74. The molecule has 0 spiro atoms. The highest BCUT2D eigenvalue weighted by Gasteiger charge is 2.21. The van der Waals surface area contributed by atoms with E-state index in [2.05, 4.69) is 28.6 Å². The number of piperazine rings is 1. The molecule has 1 saturated heterocycles. The van der Waals surface area contributed by atoms with Crippen molar-refractivity contribution in [3.05, 3.63) is 30.1 Å².